The van der Waals surface area contributed by atoms with Gasteiger partial charge in [0.25, 0.3) is 0 Å². The van der Waals surface area contributed by atoms with Crippen molar-refractivity contribution in [3.8, 4) is 0 Å². The molecule has 1 nitrogen and oxygen atoms in total. The minimum atomic E-state index is -0.775. The van der Waals surface area contributed by atoms with E-state index < -0.39 is 6.10 Å². The smallest absolute Gasteiger partial charge is 0.129 e. The number of allylic oxidation sites excluding steroid dienone is 1. The molecule has 98 valence electrons. The molecule has 0 spiro atoms. The van der Waals surface area contributed by atoms with Crippen molar-refractivity contribution in [1.82, 2.24) is 0 Å². The van der Waals surface area contributed by atoms with Crippen molar-refractivity contribution < 1.29 is 9.50 Å². The molecule has 0 saturated heterocycles. The minimum Gasteiger partial charge on any atom is -0.384 e. The van der Waals surface area contributed by atoms with Gasteiger partial charge in [-0.2, -0.15) is 0 Å². The van der Waals surface area contributed by atoms with Gasteiger partial charge in [0, 0.05) is 5.56 Å². The molecule has 0 heterocycles. The Balaban J connectivity index is 2.23. The van der Waals surface area contributed by atoms with Gasteiger partial charge in [-0.1, -0.05) is 36.6 Å². The molecular formula is C16H21FO. The summed E-state index contributed by atoms with van der Waals surface area (Å²) in [6, 6.07) is 4.93. The number of aliphatic hydroxyl groups is 1. The molecule has 1 aromatic carbocycles. The Kier molecular flexibility index (Phi) is 4.54. The fourth-order valence-corrected chi connectivity index (χ4v) is 2.54. The first-order chi connectivity index (χ1) is 8.68. The second-order valence-electron chi connectivity index (χ2n) is 5.16. The number of rotatable bonds is 2. The van der Waals surface area contributed by atoms with Gasteiger partial charge in [0.05, 0.1) is 0 Å². The van der Waals surface area contributed by atoms with E-state index in [4.69, 9.17) is 0 Å². The molecule has 2 heteroatoms. The maximum Gasteiger partial charge on any atom is 0.129 e. The van der Waals surface area contributed by atoms with Crippen LogP contribution in [0.4, 0.5) is 4.39 Å². The number of hydrogen-bond acceptors (Lipinski definition) is 1. The average Bonchev–Trinajstić information content (AvgIpc) is 2.31. The average molecular weight is 248 g/mol. The van der Waals surface area contributed by atoms with E-state index in [2.05, 4.69) is 6.08 Å². The zero-order chi connectivity index (χ0) is 13.0. The van der Waals surface area contributed by atoms with Gasteiger partial charge in [-0.25, -0.2) is 4.39 Å². The molecule has 1 N–H and O–H groups in total. The quantitative estimate of drug-likeness (QED) is 0.767. The van der Waals surface area contributed by atoms with E-state index in [9.17, 15) is 9.50 Å². The first-order valence-electron chi connectivity index (χ1n) is 6.81. The summed E-state index contributed by atoms with van der Waals surface area (Å²) in [5, 5.41) is 10.4. The Morgan fingerprint density at radius 3 is 2.78 bits per heavy atom. The summed E-state index contributed by atoms with van der Waals surface area (Å²) in [7, 11) is 0. The number of aryl methyl sites for hydroxylation is 1. The fourth-order valence-electron chi connectivity index (χ4n) is 2.54. The molecule has 1 atom stereocenters. The Bertz CT molecular complexity index is 437. The number of halogens is 1. The summed E-state index contributed by atoms with van der Waals surface area (Å²) in [6.45, 7) is 1.92. The van der Waals surface area contributed by atoms with Crippen LogP contribution in [-0.2, 0) is 0 Å². The lowest BCUT2D eigenvalue weighted by Gasteiger charge is -2.18. The van der Waals surface area contributed by atoms with E-state index >= 15 is 0 Å². The summed E-state index contributed by atoms with van der Waals surface area (Å²) in [5.74, 6) is -0.309. The van der Waals surface area contributed by atoms with E-state index in [-0.39, 0.29) is 5.82 Å². The Hall–Kier alpha value is -1.15. The molecular weight excluding hydrogens is 227 g/mol. The number of hydrogen-bond donors (Lipinski definition) is 1. The van der Waals surface area contributed by atoms with Gasteiger partial charge in [0.1, 0.15) is 11.9 Å². The molecule has 1 aliphatic carbocycles. The van der Waals surface area contributed by atoms with Crippen LogP contribution in [0, 0.1) is 12.7 Å². The predicted octanol–water partition coefficient (Wildman–Crippen LogP) is 4.45. The molecule has 18 heavy (non-hydrogen) atoms. The van der Waals surface area contributed by atoms with Crippen molar-refractivity contribution in [2.75, 3.05) is 0 Å². The largest absolute Gasteiger partial charge is 0.384 e. The molecule has 2 rings (SSSR count). The molecule has 0 amide bonds. The summed E-state index contributed by atoms with van der Waals surface area (Å²) < 4.78 is 13.8. The zero-order valence-corrected chi connectivity index (χ0v) is 11.0. The van der Waals surface area contributed by atoms with Crippen molar-refractivity contribution in [3.05, 3.63) is 46.8 Å². The van der Waals surface area contributed by atoms with Crippen molar-refractivity contribution in [2.24, 2.45) is 0 Å². The lowest BCUT2D eigenvalue weighted by atomic mass is 9.92. The van der Waals surface area contributed by atoms with E-state index in [1.165, 1.54) is 25.3 Å². The maximum absolute atomic E-state index is 13.8. The number of benzene rings is 1. The second kappa shape index (κ2) is 6.14. The minimum absolute atomic E-state index is 0.309. The van der Waals surface area contributed by atoms with Gasteiger partial charge in [0.2, 0.25) is 0 Å². The molecule has 1 unspecified atom stereocenters. The summed E-state index contributed by atoms with van der Waals surface area (Å²) >= 11 is 0. The topological polar surface area (TPSA) is 20.2 Å². The Morgan fingerprint density at radius 1 is 1.17 bits per heavy atom. The molecule has 0 fully saturated rings. The van der Waals surface area contributed by atoms with Crippen molar-refractivity contribution in [3.63, 3.8) is 0 Å². The molecule has 0 saturated carbocycles. The van der Waals surface area contributed by atoms with Crippen molar-refractivity contribution in [2.45, 2.75) is 51.6 Å². The van der Waals surface area contributed by atoms with Crippen molar-refractivity contribution >= 4 is 0 Å². The lowest BCUT2D eigenvalue weighted by molar-refractivity contribution is 0.204. The molecule has 1 aliphatic rings. The molecule has 1 aromatic rings. The first kappa shape index (κ1) is 13.3. The number of aliphatic hydroxyl groups excluding tert-OH is 1. The predicted molar refractivity (Wildman–Crippen MR) is 71.9 cm³/mol. The lowest BCUT2D eigenvalue weighted by Crippen LogP contribution is -2.06. The zero-order valence-electron chi connectivity index (χ0n) is 11.0. The van der Waals surface area contributed by atoms with Crippen LogP contribution in [-0.4, -0.2) is 5.11 Å². The second-order valence-corrected chi connectivity index (χ2v) is 5.16. The fraction of sp³-hybridized carbons (Fsp3) is 0.500. The van der Waals surface area contributed by atoms with Crippen LogP contribution in [0.2, 0.25) is 0 Å². The van der Waals surface area contributed by atoms with Crippen molar-refractivity contribution in [1.29, 1.82) is 0 Å². The van der Waals surface area contributed by atoms with E-state index in [1.807, 2.05) is 6.92 Å². The summed E-state index contributed by atoms with van der Waals surface area (Å²) in [6.07, 6.45) is 7.95. The highest BCUT2D eigenvalue weighted by molar-refractivity contribution is 5.31. The molecule has 0 bridgehead atoms. The third kappa shape index (κ3) is 3.20. The van der Waals surface area contributed by atoms with Gasteiger partial charge in [-0.15, -0.1) is 0 Å². The highest BCUT2D eigenvalue weighted by Gasteiger charge is 2.17. The van der Waals surface area contributed by atoms with Gasteiger partial charge in [-0.05, 0) is 44.2 Å². The van der Waals surface area contributed by atoms with Crippen LogP contribution >= 0.6 is 0 Å². The SMILES string of the molecule is Cc1ccc(F)c(C(O)/C2=C/CCCCCC2)c1. The van der Waals surface area contributed by atoms with Crippen LogP contribution in [0.5, 0.6) is 0 Å². The van der Waals surface area contributed by atoms with Crippen LogP contribution in [0.15, 0.2) is 29.8 Å². The van der Waals surface area contributed by atoms with Gasteiger partial charge < -0.3 is 5.11 Å². The van der Waals surface area contributed by atoms with Crippen LogP contribution in [0.1, 0.15) is 55.8 Å². The Morgan fingerprint density at radius 2 is 1.94 bits per heavy atom. The molecule has 0 aliphatic heterocycles. The summed E-state index contributed by atoms with van der Waals surface area (Å²) in [4.78, 5) is 0. The van der Waals surface area contributed by atoms with Crippen LogP contribution < -0.4 is 0 Å². The highest BCUT2D eigenvalue weighted by Crippen LogP contribution is 2.30. The van der Waals surface area contributed by atoms with Crippen LogP contribution in [0.3, 0.4) is 0 Å². The monoisotopic (exact) mass is 248 g/mol. The van der Waals surface area contributed by atoms with Gasteiger partial charge in [0.15, 0.2) is 0 Å². The normalized spacial score (nSPS) is 21.6. The van der Waals surface area contributed by atoms with Crippen LogP contribution in [0.25, 0.3) is 0 Å². The van der Waals surface area contributed by atoms with Gasteiger partial charge >= 0.3 is 0 Å². The molecule has 0 radical (unpaired) electrons. The standard InChI is InChI=1S/C16H21FO/c1-12-9-10-15(17)14(11-12)16(18)13-7-5-3-2-4-6-8-13/h7,9-11,16,18H,2-6,8H2,1H3/b13-7+. The van der Waals surface area contributed by atoms with E-state index in [0.717, 1.165) is 30.4 Å². The Labute approximate surface area is 108 Å². The highest BCUT2D eigenvalue weighted by atomic mass is 19.1. The maximum atomic E-state index is 13.8. The van der Waals surface area contributed by atoms with Gasteiger partial charge in [-0.3, -0.25) is 0 Å². The third-order valence-corrected chi connectivity index (χ3v) is 3.62. The van der Waals surface area contributed by atoms with E-state index in [1.54, 1.807) is 12.1 Å². The summed E-state index contributed by atoms with van der Waals surface area (Å²) in [5.41, 5.74) is 2.39. The van der Waals surface area contributed by atoms with E-state index in [0.29, 0.717) is 5.56 Å². The third-order valence-electron chi connectivity index (χ3n) is 3.62. The first-order valence-corrected chi connectivity index (χ1v) is 6.81. The molecule has 0 aromatic heterocycles.